The smallest absolute Gasteiger partial charge is 0.252 e. The third-order valence-electron chi connectivity index (χ3n) is 5.93. The number of ether oxygens (including phenoxy) is 1. The fourth-order valence-corrected chi connectivity index (χ4v) is 4.09. The zero-order valence-electron chi connectivity index (χ0n) is 18.9. The fourth-order valence-electron chi connectivity index (χ4n) is 4.09. The molecule has 0 bridgehead atoms. The quantitative estimate of drug-likeness (QED) is 0.557. The molecule has 6 nitrogen and oxygen atoms in total. The number of nitrogens with one attached hydrogen (secondary N) is 1. The highest BCUT2D eigenvalue weighted by atomic mass is 16.5. The van der Waals surface area contributed by atoms with Crippen LogP contribution in [0.4, 0.5) is 0 Å². The van der Waals surface area contributed by atoms with E-state index in [9.17, 15) is 14.9 Å². The molecule has 0 radical (unpaired) electrons. The number of amides is 2. The van der Waals surface area contributed by atoms with E-state index in [4.69, 9.17) is 4.74 Å². The van der Waals surface area contributed by atoms with Crippen LogP contribution in [0.3, 0.4) is 0 Å². The molecule has 1 unspecified atom stereocenters. The Balaban J connectivity index is 1.46. The molecule has 1 fully saturated rings. The first-order chi connectivity index (χ1) is 16.6. The minimum absolute atomic E-state index is 0.0461. The fraction of sp³-hybridized carbons (Fsp3) is 0.250. The normalized spacial score (nSPS) is 13.7. The average molecular weight is 454 g/mol. The second kappa shape index (κ2) is 11.2. The van der Waals surface area contributed by atoms with Crippen LogP contribution >= 0.6 is 0 Å². The Morgan fingerprint density at radius 3 is 2.47 bits per heavy atom. The molecule has 1 atom stereocenters. The van der Waals surface area contributed by atoms with Crippen molar-refractivity contribution in [3.8, 4) is 11.8 Å². The monoisotopic (exact) mass is 453 g/mol. The summed E-state index contributed by atoms with van der Waals surface area (Å²) >= 11 is 0. The van der Waals surface area contributed by atoms with Crippen molar-refractivity contribution in [1.29, 1.82) is 5.26 Å². The van der Waals surface area contributed by atoms with Crippen LogP contribution in [-0.4, -0.2) is 35.8 Å². The Morgan fingerprint density at radius 2 is 1.71 bits per heavy atom. The minimum Gasteiger partial charge on any atom is -0.489 e. The summed E-state index contributed by atoms with van der Waals surface area (Å²) in [5, 5.41) is 12.2. The van der Waals surface area contributed by atoms with Crippen LogP contribution < -0.4 is 10.1 Å². The van der Waals surface area contributed by atoms with Crippen molar-refractivity contribution in [3.05, 3.63) is 101 Å². The van der Waals surface area contributed by atoms with Gasteiger partial charge in [-0.1, -0.05) is 54.6 Å². The zero-order chi connectivity index (χ0) is 23.8. The van der Waals surface area contributed by atoms with Gasteiger partial charge in [0.25, 0.3) is 5.91 Å². The van der Waals surface area contributed by atoms with Gasteiger partial charge in [0.1, 0.15) is 18.4 Å². The van der Waals surface area contributed by atoms with E-state index in [1.165, 1.54) is 0 Å². The highest BCUT2D eigenvalue weighted by molar-refractivity contribution is 5.98. The Kier molecular flexibility index (Phi) is 7.56. The van der Waals surface area contributed by atoms with Crippen LogP contribution in [0.15, 0.2) is 78.9 Å². The van der Waals surface area contributed by atoms with E-state index in [0.717, 1.165) is 37.1 Å². The van der Waals surface area contributed by atoms with Crippen LogP contribution in [0, 0.1) is 11.3 Å². The first kappa shape index (κ1) is 23.1. The number of hydrogen-bond acceptors (Lipinski definition) is 4. The summed E-state index contributed by atoms with van der Waals surface area (Å²) in [6.45, 7) is 1.68. The predicted molar refractivity (Wildman–Crippen MR) is 129 cm³/mol. The summed E-state index contributed by atoms with van der Waals surface area (Å²) < 4.78 is 5.85. The van der Waals surface area contributed by atoms with Crippen molar-refractivity contribution >= 4 is 11.8 Å². The topological polar surface area (TPSA) is 82.4 Å². The molecule has 2 amide bonds. The molecule has 0 saturated carbocycles. The molecule has 0 aromatic heterocycles. The Hall–Kier alpha value is -4.11. The average Bonchev–Trinajstić information content (AvgIpc) is 3.43. The van der Waals surface area contributed by atoms with Crippen molar-refractivity contribution in [2.75, 3.05) is 13.1 Å². The maximum Gasteiger partial charge on any atom is 0.252 e. The lowest BCUT2D eigenvalue weighted by Crippen LogP contribution is -2.49. The third kappa shape index (κ3) is 5.81. The number of rotatable bonds is 8. The van der Waals surface area contributed by atoms with E-state index in [2.05, 4.69) is 11.4 Å². The number of carbonyl (C=O) groups is 2. The van der Waals surface area contributed by atoms with Gasteiger partial charge in [-0.2, -0.15) is 5.26 Å². The maximum absolute atomic E-state index is 13.2. The van der Waals surface area contributed by atoms with Crippen LogP contribution in [0.25, 0.3) is 0 Å². The van der Waals surface area contributed by atoms with Gasteiger partial charge in [0, 0.05) is 30.6 Å². The molecule has 1 N–H and O–H groups in total. The standard InChI is InChI=1S/C28H27N3O3/c29-19-23-11-4-5-12-24(23)20-34-25-14-8-13-22(18-25)27(32)30-26(17-21-9-2-1-3-10-21)28(33)31-15-6-7-16-31/h1-5,8-14,18,26H,6-7,15-17,20H2,(H,30,32). The lowest BCUT2D eigenvalue weighted by molar-refractivity contribution is -0.132. The van der Waals surface area contributed by atoms with Crippen LogP contribution in [0.1, 0.15) is 39.9 Å². The number of hydrogen-bond donors (Lipinski definition) is 1. The molecule has 1 saturated heterocycles. The summed E-state index contributed by atoms with van der Waals surface area (Å²) in [4.78, 5) is 28.1. The van der Waals surface area contributed by atoms with E-state index in [1.807, 2.05) is 53.4 Å². The lowest BCUT2D eigenvalue weighted by Gasteiger charge is -2.24. The first-order valence-corrected chi connectivity index (χ1v) is 11.5. The number of likely N-dealkylation sites (tertiary alicyclic amines) is 1. The van der Waals surface area contributed by atoms with Gasteiger partial charge in [-0.25, -0.2) is 0 Å². The van der Waals surface area contributed by atoms with Crippen LogP contribution in [0.5, 0.6) is 5.75 Å². The Labute approximate surface area is 199 Å². The molecule has 3 aromatic rings. The molecular weight excluding hydrogens is 426 g/mol. The predicted octanol–water partition coefficient (Wildman–Crippen LogP) is 4.10. The molecule has 34 heavy (non-hydrogen) atoms. The molecule has 0 spiro atoms. The highest BCUT2D eigenvalue weighted by Gasteiger charge is 2.28. The van der Waals surface area contributed by atoms with Crippen LogP contribution in [-0.2, 0) is 17.8 Å². The summed E-state index contributed by atoms with van der Waals surface area (Å²) in [5.74, 6) is 0.150. The van der Waals surface area contributed by atoms with Gasteiger partial charge in [-0.3, -0.25) is 9.59 Å². The van der Waals surface area contributed by atoms with E-state index in [0.29, 0.717) is 23.3 Å². The number of carbonyl (C=O) groups excluding carboxylic acids is 2. The molecule has 1 heterocycles. The summed E-state index contributed by atoms with van der Waals surface area (Å²) in [5.41, 5.74) is 2.74. The van der Waals surface area contributed by atoms with Crippen molar-refractivity contribution in [2.24, 2.45) is 0 Å². The van der Waals surface area contributed by atoms with Crippen LogP contribution in [0.2, 0.25) is 0 Å². The van der Waals surface area contributed by atoms with E-state index in [-0.39, 0.29) is 18.4 Å². The van der Waals surface area contributed by atoms with Gasteiger partial charge in [0.15, 0.2) is 0 Å². The molecule has 6 heteroatoms. The largest absolute Gasteiger partial charge is 0.489 e. The van der Waals surface area contributed by atoms with E-state index in [1.54, 1.807) is 30.3 Å². The second-order valence-electron chi connectivity index (χ2n) is 8.33. The van der Waals surface area contributed by atoms with Gasteiger partial charge in [-0.15, -0.1) is 0 Å². The Morgan fingerprint density at radius 1 is 0.971 bits per heavy atom. The van der Waals surface area contributed by atoms with E-state index >= 15 is 0 Å². The minimum atomic E-state index is -0.639. The third-order valence-corrected chi connectivity index (χ3v) is 5.93. The number of nitriles is 1. The maximum atomic E-state index is 13.2. The van der Waals surface area contributed by atoms with E-state index < -0.39 is 6.04 Å². The van der Waals surface area contributed by atoms with Gasteiger partial charge in [0.2, 0.25) is 5.91 Å². The molecular formula is C28H27N3O3. The number of benzene rings is 3. The summed E-state index contributed by atoms with van der Waals surface area (Å²) in [6.07, 6.45) is 2.42. The summed E-state index contributed by atoms with van der Waals surface area (Å²) in [7, 11) is 0. The van der Waals surface area contributed by atoms with Crippen molar-refractivity contribution in [2.45, 2.75) is 31.9 Å². The highest BCUT2D eigenvalue weighted by Crippen LogP contribution is 2.18. The lowest BCUT2D eigenvalue weighted by atomic mass is 10.0. The van der Waals surface area contributed by atoms with Gasteiger partial charge < -0.3 is 15.0 Å². The molecule has 3 aromatic carbocycles. The van der Waals surface area contributed by atoms with Gasteiger partial charge in [-0.05, 0) is 42.7 Å². The zero-order valence-corrected chi connectivity index (χ0v) is 18.9. The first-order valence-electron chi connectivity index (χ1n) is 11.5. The molecule has 0 aliphatic carbocycles. The second-order valence-corrected chi connectivity index (χ2v) is 8.33. The SMILES string of the molecule is N#Cc1ccccc1COc1cccc(C(=O)NC(Cc2ccccc2)C(=O)N2CCCC2)c1. The van der Waals surface area contributed by atoms with Gasteiger partial charge >= 0.3 is 0 Å². The molecule has 1 aliphatic heterocycles. The van der Waals surface area contributed by atoms with Crippen molar-refractivity contribution in [3.63, 3.8) is 0 Å². The van der Waals surface area contributed by atoms with Gasteiger partial charge in [0.05, 0.1) is 11.6 Å². The van der Waals surface area contributed by atoms with Crippen molar-refractivity contribution < 1.29 is 14.3 Å². The Bertz CT molecular complexity index is 1180. The van der Waals surface area contributed by atoms with Crippen molar-refractivity contribution in [1.82, 2.24) is 10.2 Å². The number of nitrogens with zero attached hydrogens (tertiary/aromatic N) is 2. The molecule has 4 rings (SSSR count). The molecule has 1 aliphatic rings. The summed E-state index contributed by atoms with van der Waals surface area (Å²) in [6, 6.07) is 25.3. The molecule has 172 valence electrons.